The summed E-state index contributed by atoms with van der Waals surface area (Å²) in [5, 5.41) is 0. The molecule has 0 radical (unpaired) electrons. The van der Waals surface area contributed by atoms with Crippen molar-refractivity contribution in [2.75, 3.05) is 31.7 Å². The van der Waals surface area contributed by atoms with Gasteiger partial charge >= 0.3 is 0 Å². The lowest BCUT2D eigenvalue weighted by molar-refractivity contribution is 0.112. The van der Waals surface area contributed by atoms with Crippen LogP contribution in [0, 0.1) is 5.82 Å². The molecule has 0 N–H and O–H groups in total. The average Bonchev–Trinajstić information content (AvgIpc) is 2.40. The van der Waals surface area contributed by atoms with Gasteiger partial charge in [-0.2, -0.15) is 0 Å². The Morgan fingerprint density at radius 1 is 1.50 bits per heavy atom. The van der Waals surface area contributed by atoms with E-state index in [1.807, 2.05) is 11.0 Å². The van der Waals surface area contributed by atoms with Crippen molar-refractivity contribution in [1.29, 1.82) is 0 Å². The summed E-state index contributed by atoms with van der Waals surface area (Å²) in [5.74, 6) is -0.344. The van der Waals surface area contributed by atoms with Gasteiger partial charge in [-0.1, -0.05) is 12.1 Å². The number of nitrogens with zero attached hydrogens (tertiary/aromatic N) is 1. The fourth-order valence-corrected chi connectivity index (χ4v) is 2.19. The Balaban J connectivity index is 2.22. The highest BCUT2D eigenvalue weighted by atomic mass is 19.1. The van der Waals surface area contributed by atoms with Gasteiger partial charge in [0.15, 0.2) is 6.29 Å². The normalized spacial score (nSPS) is 15.4. The molecule has 0 saturated heterocycles. The van der Waals surface area contributed by atoms with E-state index in [0.717, 1.165) is 6.42 Å². The smallest absolute Gasteiger partial charge is 0.152 e. The summed E-state index contributed by atoms with van der Waals surface area (Å²) in [5.41, 5.74) is 2.02. The first-order chi connectivity index (χ1) is 8.76. The van der Waals surface area contributed by atoms with Crippen molar-refractivity contribution in [3.63, 3.8) is 0 Å². The molecule has 18 heavy (non-hydrogen) atoms. The Kier molecular flexibility index (Phi) is 4.10. The molecule has 0 aliphatic carbocycles. The van der Waals surface area contributed by atoms with Crippen LogP contribution >= 0.6 is 0 Å². The second-order valence-corrected chi connectivity index (χ2v) is 4.29. The highest BCUT2D eigenvalue weighted by Gasteiger charge is 2.18. The van der Waals surface area contributed by atoms with Crippen LogP contribution in [-0.2, 0) is 4.74 Å². The summed E-state index contributed by atoms with van der Waals surface area (Å²) in [6, 6.07) is 4.58. The zero-order valence-electron chi connectivity index (χ0n) is 10.4. The van der Waals surface area contributed by atoms with Crippen LogP contribution in [0.4, 0.5) is 10.1 Å². The molecule has 0 fully saturated rings. The van der Waals surface area contributed by atoms with E-state index in [9.17, 15) is 9.18 Å². The molecule has 0 atom stereocenters. The van der Waals surface area contributed by atoms with Crippen LogP contribution in [0.2, 0.25) is 0 Å². The summed E-state index contributed by atoms with van der Waals surface area (Å²) in [4.78, 5) is 12.8. The topological polar surface area (TPSA) is 29.5 Å². The van der Waals surface area contributed by atoms with Gasteiger partial charge in [0.1, 0.15) is 5.82 Å². The van der Waals surface area contributed by atoms with Gasteiger partial charge in [-0.05, 0) is 24.1 Å². The van der Waals surface area contributed by atoms with E-state index in [4.69, 9.17) is 4.74 Å². The molecular weight excluding hydrogens is 233 g/mol. The molecule has 0 bridgehead atoms. The molecule has 1 aliphatic heterocycles. The van der Waals surface area contributed by atoms with E-state index in [1.54, 1.807) is 19.2 Å². The Morgan fingerprint density at radius 2 is 2.33 bits per heavy atom. The molecule has 0 unspecified atom stereocenters. The van der Waals surface area contributed by atoms with Crippen molar-refractivity contribution in [3.05, 3.63) is 41.2 Å². The lowest BCUT2D eigenvalue weighted by Crippen LogP contribution is -2.31. The monoisotopic (exact) mass is 249 g/mol. The number of methoxy groups -OCH3 is 1. The number of hydrogen-bond donors (Lipinski definition) is 0. The Morgan fingerprint density at radius 3 is 2.94 bits per heavy atom. The van der Waals surface area contributed by atoms with Crippen molar-refractivity contribution in [2.45, 2.75) is 6.42 Å². The SMILES string of the molecule is COCC1=CCN(c2c(F)cccc2C=O)CC1. The minimum Gasteiger partial charge on any atom is -0.380 e. The van der Waals surface area contributed by atoms with E-state index in [2.05, 4.69) is 0 Å². The zero-order valence-corrected chi connectivity index (χ0v) is 10.4. The van der Waals surface area contributed by atoms with Crippen LogP contribution in [0.3, 0.4) is 0 Å². The van der Waals surface area contributed by atoms with E-state index < -0.39 is 0 Å². The van der Waals surface area contributed by atoms with Gasteiger partial charge in [0.2, 0.25) is 0 Å². The number of anilines is 1. The first kappa shape index (κ1) is 12.8. The van der Waals surface area contributed by atoms with E-state index in [0.29, 0.717) is 37.2 Å². The van der Waals surface area contributed by atoms with Gasteiger partial charge in [0.25, 0.3) is 0 Å². The number of carbonyl (C=O) groups is 1. The molecule has 2 rings (SSSR count). The van der Waals surface area contributed by atoms with Crippen molar-refractivity contribution < 1.29 is 13.9 Å². The van der Waals surface area contributed by atoms with Gasteiger partial charge < -0.3 is 9.64 Å². The third kappa shape index (κ3) is 2.59. The maximum atomic E-state index is 13.8. The molecule has 3 nitrogen and oxygen atoms in total. The first-order valence-electron chi connectivity index (χ1n) is 5.91. The van der Waals surface area contributed by atoms with E-state index in [-0.39, 0.29) is 5.82 Å². The van der Waals surface area contributed by atoms with Crippen LogP contribution in [-0.4, -0.2) is 33.1 Å². The first-order valence-corrected chi connectivity index (χ1v) is 5.91. The predicted octanol–water partition coefficient (Wildman–Crippen LogP) is 2.42. The molecule has 0 amide bonds. The maximum Gasteiger partial charge on any atom is 0.152 e. The van der Waals surface area contributed by atoms with Crippen molar-refractivity contribution in [2.24, 2.45) is 0 Å². The second kappa shape index (κ2) is 5.78. The highest BCUT2D eigenvalue weighted by Crippen LogP contribution is 2.26. The van der Waals surface area contributed by atoms with Crippen LogP contribution < -0.4 is 4.90 Å². The molecule has 1 aliphatic rings. The molecule has 0 spiro atoms. The molecular formula is C14H16FNO2. The number of carbonyl (C=O) groups excluding carboxylic acids is 1. The number of ether oxygens (including phenoxy) is 1. The number of benzene rings is 1. The largest absolute Gasteiger partial charge is 0.380 e. The maximum absolute atomic E-state index is 13.8. The molecule has 1 aromatic rings. The summed E-state index contributed by atoms with van der Waals surface area (Å²) >= 11 is 0. The van der Waals surface area contributed by atoms with Crippen molar-refractivity contribution in [1.82, 2.24) is 0 Å². The molecule has 0 aromatic heterocycles. The number of aldehydes is 1. The lowest BCUT2D eigenvalue weighted by Gasteiger charge is -2.29. The molecule has 96 valence electrons. The second-order valence-electron chi connectivity index (χ2n) is 4.29. The van der Waals surface area contributed by atoms with Crippen LogP contribution in [0.5, 0.6) is 0 Å². The summed E-state index contributed by atoms with van der Waals surface area (Å²) in [6.45, 7) is 1.93. The quantitative estimate of drug-likeness (QED) is 0.606. The fraction of sp³-hybridized carbons (Fsp3) is 0.357. The van der Waals surface area contributed by atoms with Gasteiger partial charge in [0, 0.05) is 25.8 Å². The molecule has 1 heterocycles. The standard InChI is InChI=1S/C14H16FNO2/c1-18-10-11-5-7-16(8-6-11)14-12(9-17)3-2-4-13(14)15/h2-5,9H,6-8,10H2,1H3. The zero-order chi connectivity index (χ0) is 13.0. The molecule has 4 heteroatoms. The number of hydrogen-bond acceptors (Lipinski definition) is 3. The summed E-state index contributed by atoms with van der Waals surface area (Å²) in [6.07, 6.45) is 3.57. The van der Waals surface area contributed by atoms with E-state index in [1.165, 1.54) is 11.6 Å². The third-order valence-corrected chi connectivity index (χ3v) is 3.09. The summed E-state index contributed by atoms with van der Waals surface area (Å²) in [7, 11) is 1.66. The van der Waals surface area contributed by atoms with Gasteiger partial charge in [-0.3, -0.25) is 4.79 Å². The van der Waals surface area contributed by atoms with Gasteiger partial charge in [-0.15, -0.1) is 0 Å². The Bertz CT molecular complexity index is 471. The minimum atomic E-state index is -0.344. The fourth-order valence-electron chi connectivity index (χ4n) is 2.19. The van der Waals surface area contributed by atoms with E-state index >= 15 is 0 Å². The summed E-state index contributed by atoms with van der Waals surface area (Å²) < 4.78 is 18.9. The average molecular weight is 249 g/mol. The highest BCUT2D eigenvalue weighted by molar-refractivity contribution is 5.85. The van der Waals surface area contributed by atoms with Crippen LogP contribution in [0.25, 0.3) is 0 Å². The predicted molar refractivity (Wildman–Crippen MR) is 68.6 cm³/mol. The number of halogens is 1. The van der Waals surface area contributed by atoms with Crippen LogP contribution in [0.15, 0.2) is 29.8 Å². The number of rotatable bonds is 4. The van der Waals surface area contributed by atoms with Gasteiger partial charge in [0.05, 0.1) is 12.3 Å². The lowest BCUT2D eigenvalue weighted by atomic mass is 10.1. The Labute approximate surface area is 106 Å². The van der Waals surface area contributed by atoms with Crippen molar-refractivity contribution in [3.8, 4) is 0 Å². The Hall–Kier alpha value is -1.68. The molecule has 1 aromatic carbocycles. The van der Waals surface area contributed by atoms with Crippen LogP contribution in [0.1, 0.15) is 16.8 Å². The number of para-hydroxylation sites is 1. The van der Waals surface area contributed by atoms with Crippen molar-refractivity contribution >= 4 is 12.0 Å². The minimum absolute atomic E-state index is 0.344. The third-order valence-electron chi connectivity index (χ3n) is 3.09. The van der Waals surface area contributed by atoms with Gasteiger partial charge in [-0.25, -0.2) is 4.39 Å². The molecule has 0 saturated carbocycles.